The van der Waals surface area contributed by atoms with Gasteiger partial charge in [0.05, 0.1) is 11.3 Å². The second-order valence-electron chi connectivity index (χ2n) is 3.95. The van der Waals surface area contributed by atoms with E-state index in [1.807, 2.05) is 0 Å². The molecule has 19 heavy (non-hydrogen) atoms. The summed E-state index contributed by atoms with van der Waals surface area (Å²) in [6.07, 6.45) is 1.58. The molecule has 0 aromatic heterocycles. The van der Waals surface area contributed by atoms with Gasteiger partial charge in [-0.05, 0) is 6.07 Å². The first-order valence-corrected chi connectivity index (χ1v) is 5.58. The average Bonchev–Trinajstić information content (AvgIpc) is 2.66. The zero-order chi connectivity index (χ0) is 14.0. The number of amides is 2. The van der Waals surface area contributed by atoms with E-state index in [0.29, 0.717) is 17.8 Å². The summed E-state index contributed by atoms with van der Waals surface area (Å²) < 4.78 is 0. The van der Waals surface area contributed by atoms with Crippen LogP contribution in [0, 0.1) is 11.3 Å². The maximum absolute atomic E-state index is 12.3. The van der Waals surface area contributed by atoms with Crippen LogP contribution in [0.1, 0.15) is 5.56 Å². The summed E-state index contributed by atoms with van der Waals surface area (Å²) in [6.45, 7) is 3.89. The van der Waals surface area contributed by atoms with Gasteiger partial charge in [0.1, 0.15) is 11.6 Å². The number of hydrogen-bond donors (Lipinski definition) is 1. The highest BCUT2D eigenvalue weighted by molar-refractivity contribution is 6.37. The molecule has 5 heteroatoms. The normalized spacial score (nSPS) is 15.7. The predicted octanol–water partition coefficient (Wildman–Crippen LogP) is 0.982. The summed E-state index contributed by atoms with van der Waals surface area (Å²) in [7, 11) is 0. The number of benzene rings is 1. The fraction of sp³-hybridized carbons (Fsp3) is 0.0714. The molecule has 1 heterocycles. The van der Waals surface area contributed by atoms with Crippen molar-refractivity contribution in [3.63, 3.8) is 0 Å². The van der Waals surface area contributed by atoms with E-state index >= 15 is 0 Å². The third-order valence-corrected chi connectivity index (χ3v) is 2.84. The largest absolute Gasteiger partial charge is 0.365 e. The van der Waals surface area contributed by atoms with Crippen LogP contribution >= 0.6 is 0 Å². The van der Waals surface area contributed by atoms with Crippen molar-refractivity contribution >= 4 is 23.1 Å². The van der Waals surface area contributed by atoms with Crippen molar-refractivity contribution in [2.24, 2.45) is 5.73 Å². The molecule has 0 radical (unpaired) electrons. The monoisotopic (exact) mass is 253 g/mol. The number of rotatable bonds is 3. The molecular formula is C14H11N3O2. The van der Waals surface area contributed by atoms with Gasteiger partial charge in [0.15, 0.2) is 0 Å². The predicted molar refractivity (Wildman–Crippen MR) is 70.7 cm³/mol. The van der Waals surface area contributed by atoms with Gasteiger partial charge in [0, 0.05) is 12.1 Å². The molecule has 1 aromatic carbocycles. The van der Waals surface area contributed by atoms with Crippen LogP contribution in [0.2, 0.25) is 0 Å². The van der Waals surface area contributed by atoms with Gasteiger partial charge in [-0.3, -0.25) is 9.59 Å². The Morgan fingerprint density at radius 1 is 1.47 bits per heavy atom. The minimum Gasteiger partial charge on any atom is -0.365 e. The molecule has 0 spiro atoms. The average molecular weight is 253 g/mol. The number of carbonyl (C=O) groups is 2. The molecule has 1 aliphatic rings. The number of fused-ring (bicyclic) bond motifs is 1. The van der Waals surface area contributed by atoms with Gasteiger partial charge in [-0.15, -0.1) is 6.58 Å². The van der Waals surface area contributed by atoms with Gasteiger partial charge >= 0.3 is 0 Å². The fourth-order valence-corrected chi connectivity index (χ4v) is 2.07. The lowest BCUT2D eigenvalue weighted by atomic mass is 10.0. The summed E-state index contributed by atoms with van der Waals surface area (Å²) in [6, 6.07) is 8.66. The molecule has 2 rings (SSSR count). The molecule has 0 fully saturated rings. The minimum atomic E-state index is -0.902. The van der Waals surface area contributed by atoms with Crippen LogP contribution in [0.15, 0.2) is 42.5 Å². The molecule has 0 saturated carbocycles. The number of nitrogens with two attached hydrogens (primary N) is 1. The fourth-order valence-electron chi connectivity index (χ4n) is 2.07. The van der Waals surface area contributed by atoms with E-state index in [2.05, 4.69) is 6.58 Å². The van der Waals surface area contributed by atoms with Crippen molar-refractivity contribution < 1.29 is 9.59 Å². The van der Waals surface area contributed by atoms with Crippen LogP contribution < -0.4 is 10.6 Å². The Kier molecular flexibility index (Phi) is 3.17. The molecule has 0 saturated heterocycles. The molecule has 0 atom stereocenters. The highest BCUT2D eigenvalue weighted by atomic mass is 16.2. The van der Waals surface area contributed by atoms with Gasteiger partial charge in [0.2, 0.25) is 0 Å². The van der Waals surface area contributed by atoms with Crippen LogP contribution in [0.3, 0.4) is 0 Å². The van der Waals surface area contributed by atoms with Crippen LogP contribution in [-0.4, -0.2) is 18.4 Å². The van der Waals surface area contributed by atoms with Gasteiger partial charge in [-0.25, -0.2) is 0 Å². The number of nitrogens with zero attached hydrogens (tertiary/aromatic N) is 2. The van der Waals surface area contributed by atoms with E-state index in [-0.39, 0.29) is 11.1 Å². The number of para-hydroxylation sites is 1. The summed E-state index contributed by atoms with van der Waals surface area (Å²) in [5, 5.41) is 9.02. The van der Waals surface area contributed by atoms with Gasteiger partial charge in [0.25, 0.3) is 11.8 Å². The lowest BCUT2D eigenvalue weighted by Gasteiger charge is -2.13. The van der Waals surface area contributed by atoms with E-state index in [0.717, 1.165) is 0 Å². The summed E-state index contributed by atoms with van der Waals surface area (Å²) in [4.78, 5) is 25.1. The number of anilines is 1. The van der Waals surface area contributed by atoms with Gasteiger partial charge in [-0.2, -0.15) is 5.26 Å². The molecule has 2 amide bonds. The van der Waals surface area contributed by atoms with Crippen LogP contribution in [0.25, 0.3) is 5.57 Å². The van der Waals surface area contributed by atoms with Crippen molar-refractivity contribution in [3.8, 4) is 6.07 Å². The summed E-state index contributed by atoms with van der Waals surface area (Å²) in [5.41, 5.74) is 6.10. The summed E-state index contributed by atoms with van der Waals surface area (Å²) >= 11 is 0. The Morgan fingerprint density at radius 3 is 2.74 bits per heavy atom. The van der Waals surface area contributed by atoms with Crippen molar-refractivity contribution in [2.45, 2.75) is 0 Å². The van der Waals surface area contributed by atoms with Crippen LogP contribution in [-0.2, 0) is 9.59 Å². The number of primary amides is 1. The minimum absolute atomic E-state index is 0.0625. The quantitative estimate of drug-likeness (QED) is 0.495. The molecule has 1 aliphatic heterocycles. The van der Waals surface area contributed by atoms with Gasteiger partial charge in [-0.1, -0.05) is 24.3 Å². The van der Waals surface area contributed by atoms with Crippen molar-refractivity contribution in [1.29, 1.82) is 5.26 Å². The van der Waals surface area contributed by atoms with E-state index in [9.17, 15) is 9.59 Å². The maximum Gasteiger partial charge on any atom is 0.260 e. The van der Waals surface area contributed by atoms with Crippen molar-refractivity contribution in [1.82, 2.24) is 0 Å². The Labute approximate surface area is 110 Å². The highest BCUT2D eigenvalue weighted by Gasteiger charge is 2.35. The van der Waals surface area contributed by atoms with Crippen LogP contribution in [0.5, 0.6) is 0 Å². The lowest BCUT2D eigenvalue weighted by Crippen LogP contribution is -2.27. The Balaban J connectivity index is 2.73. The SMILES string of the molecule is C=CCN1C(=O)/C(=C(\C#N)C(N)=O)c2ccccc21. The molecule has 2 N–H and O–H groups in total. The maximum atomic E-state index is 12.3. The third-order valence-electron chi connectivity index (χ3n) is 2.84. The van der Waals surface area contributed by atoms with E-state index in [4.69, 9.17) is 11.0 Å². The summed E-state index contributed by atoms with van der Waals surface area (Å²) in [5.74, 6) is -1.31. The molecule has 94 valence electrons. The smallest absolute Gasteiger partial charge is 0.260 e. The van der Waals surface area contributed by atoms with Crippen molar-refractivity contribution in [3.05, 3.63) is 48.1 Å². The standard InChI is InChI=1S/C14H11N3O2/c1-2-7-17-11-6-4-3-5-9(11)12(14(17)19)10(8-15)13(16)18/h2-6H,1,7H2,(H2,16,18)/b12-10+. The Hall–Kier alpha value is -2.87. The first kappa shape index (κ1) is 12.6. The molecule has 0 unspecified atom stereocenters. The zero-order valence-corrected chi connectivity index (χ0v) is 10.1. The van der Waals surface area contributed by atoms with E-state index in [1.54, 1.807) is 36.4 Å². The van der Waals surface area contributed by atoms with Crippen molar-refractivity contribution in [2.75, 3.05) is 11.4 Å². The Morgan fingerprint density at radius 2 is 2.16 bits per heavy atom. The number of nitriles is 1. The molecular weight excluding hydrogens is 242 g/mol. The highest BCUT2D eigenvalue weighted by Crippen LogP contribution is 2.37. The molecule has 1 aromatic rings. The molecule has 0 aliphatic carbocycles. The second kappa shape index (κ2) is 4.78. The first-order valence-electron chi connectivity index (χ1n) is 5.58. The second-order valence-corrected chi connectivity index (χ2v) is 3.95. The van der Waals surface area contributed by atoms with Crippen LogP contribution in [0.4, 0.5) is 5.69 Å². The topological polar surface area (TPSA) is 87.2 Å². The van der Waals surface area contributed by atoms with E-state index in [1.165, 1.54) is 4.90 Å². The number of carbonyl (C=O) groups excluding carboxylic acids is 2. The van der Waals surface area contributed by atoms with E-state index < -0.39 is 11.8 Å². The molecule has 5 nitrogen and oxygen atoms in total. The zero-order valence-electron chi connectivity index (χ0n) is 10.1. The third kappa shape index (κ3) is 1.89. The first-order chi connectivity index (χ1) is 9.11. The number of hydrogen-bond acceptors (Lipinski definition) is 3. The Bertz CT molecular complexity index is 653. The molecule has 0 bridgehead atoms. The van der Waals surface area contributed by atoms with Gasteiger partial charge < -0.3 is 10.6 Å². The lowest BCUT2D eigenvalue weighted by molar-refractivity contribution is -0.115.